The summed E-state index contributed by atoms with van der Waals surface area (Å²) in [4.78, 5) is 6.77. The van der Waals surface area contributed by atoms with E-state index in [4.69, 9.17) is 0 Å². The summed E-state index contributed by atoms with van der Waals surface area (Å²) in [6.07, 6.45) is 3.86. The normalized spacial score (nSPS) is 11.6. The molecule has 0 saturated heterocycles. The van der Waals surface area contributed by atoms with E-state index in [9.17, 15) is 0 Å². The van der Waals surface area contributed by atoms with Crippen molar-refractivity contribution in [2.45, 2.75) is 0 Å². The molecule has 0 aliphatic rings. The number of hydrogen-bond acceptors (Lipinski definition) is 3. The van der Waals surface area contributed by atoms with E-state index < -0.39 is 0 Å². The number of pyridine rings is 1. The molecule has 0 bridgehead atoms. The van der Waals surface area contributed by atoms with E-state index in [-0.39, 0.29) is 0 Å². The van der Waals surface area contributed by atoms with E-state index in [2.05, 4.69) is 180 Å². The van der Waals surface area contributed by atoms with Crippen molar-refractivity contribution >= 4 is 80.9 Å². The summed E-state index contributed by atoms with van der Waals surface area (Å²) in [5.74, 6) is 0. The van der Waals surface area contributed by atoms with Gasteiger partial charge in [0.15, 0.2) is 0 Å². The third kappa shape index (κ3) is 4.74. The highest BCUT2D eigenvalue weighted by Crippen LogP contribution is 2.43. The predicted molar refractivity (Wildman–Crippen MR) is 215 cm³/mol. The molecule has 2 heterocycles. The molecule has 0 spiro atoms. The lowest BCUT2D eigenvalue weighted by molar-refractivity contribution is 1.29. The van der Waals surface area contributed by atoms with Gasteiger partial charge in [-0.25, -0.2) is 0 Å². The van der Waals surface area contributed by atoms with Gasteiger partial charge in [-0.2, -0.15) is 0 Å². The van der Waals surface area contributed by atoms with Crippen molar-refractivity contribution in [2.24, 2.45) is 0 Å². The fraction of sp³-hybridized carbons (Fsp3) is 0. The van der Waals surface area contributed by atoms with Crippen molar-refractivity contribution in [3.05, 3.63) is 182 Å². The van der Waals surface area contributed by atoms with E-state index in [1.54, 1.807) is 0 Å². The molecule has 0 radical (unpaired) electrons. The zero-order valence-corrected chi connectivity index (χ0v) is 27.9. The standard InChI is InChI=1S/C47H30N2S/c1-2-8-31(9-3-1)32-14-19-35(20-15-32)49(37-23-25-42-45-30-48-27-26-46(45)50-47(42)28-37)36-21-16-34(17-22-36)43-29-44-38-11-5-4-10-33(38)18-24-41(44)39-12-6-7-13-40(39)43/h1-30H. The quantitative estimate of drug-likeness (QED) is 0.172. The topological polar surface area (TPSA) is 16.1 Å². The number of anilines is 3. The van der Waals surface area contributed by atoms with E-state index in [1.807, 2.05) is 23.7 Å². The fourth-order valence-corrected chi connectivity index (χ4v) is 8.63. The summed E-state index contributed by atoms with van der Waals surface area (Å²) in [5.41, 5.74) is 8.21. The molecule has 0 atom stereocenters. The van der Waals surface area contributed by atoms with Crippen LogP contribution in [0.1, 0.15) is 0 Å². The van der Waals surface area contributed by atoms with E-state index in [0.717, 1.165) is 17.1 Å². The van der Waals surface area contributed by atoms with Gasteiger partial charge < -0.3 is 4.90 Å². The van der Waals surface area contributed by atoms with Crippen LogP contribution in [-0.2, 0) is 0 Å². The van der Waals surface area contributed by atoms with Crippen LogP contribution in [0.5, 0.6) is 0 Å². The highest BCUT2D eigenvalue weighted by molar-refractivity contribution is 7.25. The summed E-state index contributed by atoms with van der Waals surface area (Å²) in [7, 11) is 0. The summed E-state index contributed by atoms with van der Waals surface area (Å²) in [5, 5.41) is 10.1. The maximum atomic E-state index is 4.40. The highest BCUT2D eigenvalue weighted by atomic mass is 32.1. The molecule has 2 nitrogen and oxygen atoms in total. The van der Waals surface area contributed by atoms with Crippen LogP contribution in [0.3, 0.4) is 0 Å². The van der Waals surface area contributed by atoms with Crippen LogP contribution in [0, 0.1) is 0 Å². The SMILES string of the molecule is c1ccc(-c2ccc(N(c3ccc(-c4cc5c6ccccc6ccc5c5ccccc45)cc3)c3ccc4c(c3)sc3ccncc34)cc2)cc1. The second-order valence-electron chi connectivity index (χ2n) is 12.8. The van der Waals surface area contributed by atoms with Crippen LogP contribution in [0.15, 0.2) is 182 Å². The molecule has 0 saturated carbocycles. The summed E-state index contributed by atoms with van der Waals surface area (Å²) in [6, 6.07) is 61.9. The molecule has 0 N–H and O–H groups in total. The van der Waals surface area contributed by atoms with Crippen molar-refractivity contribution in [3.63, 3.8) is 0 Å². The molecule has 8 aromatic carbocycles. The number of nitrogens with zero attached hydrogens (tertiary/aromatic N) is 2. The van der Waals surface area contributed by atoms with Gasteiger partial charge in [0.2, 0.25) is 0 Å². The molecule has 0 unspecified atom stereocenters. The first-order valence-corrected chi connectivity index (χ1v) is 17.8. The number of benzene rings is 8. The van der Waals surface area contributed by atoms with Crippen LogP contribution in [-0.4, -0.2) is 4.98 Å². The van der Waals surface area contributed by atoms with Gasteiger partial charge in [-0.3, -0.25) is 4.98 Å². The molecule has 0 amide bonds. The minimum absolute atomic E-state index is 1.11. The largest absolute Gasteiger partial charge is 0.310 e. The van der Waals surface area contributed by atoms with Gasteiger partial charge in [0, 0.05) is 49.6 Å². The Morgan fingerprint density at radius 3 is 1.80 bits per heavy atom. The van der Waals surface area contributed by atoms with Gasteiger partial charge in [0.1, 0.15) is 0 Å². The first-order chi connectivity index (χ1) is 24.8. The third-order valence-corrected chi connectivity index (χ3v) is 11.1. The summed E-state index contributed by atoms with van der Waals surface area (Å²) >= 11 is 1.82. The summed E-state index contributed by atoms with van der Waals surface area (Å²) < 4.78 is 2.51. The molecule has 50 heavy (non-hydrogen) atoms. The van der Waals surface area contributed by atoms with Crippen molar-refractivity contribution in [1.29, 1.82) is 0 Å². The van der Waals surface area contributed by atoms with Gasteiger partial charge in [-0.15, -0.1) is 11.3 Å². The zero-order chi connectivity index (χ0) is 33.0. The maximum Gasteiger partial charge on any atom is 0.0476 e. The second kappa shape index (κ2) is 11.7. The average Bonchev–Trinajstić information content (AvgIpc) is 3.56. The van der Waals surface area contributed by atoms with E-state index >= 15 is 0 Å². The minimum Gasteiger partial charge on any atom is -0.310 e. The zero-order valence-electron chi connectivity index (χ0n) is 27.1. The van der Waals surface area contributed by atoms with Crippen LogP contribution in [0.25, 0.3) is 74.7 Å². The Morgan fingerprint density at radius 2 is 1.00 bits per heavy atom. The lowest BCUT2D eigenvalue weighted by Gasteiger charge is -2.26. The lowest BCUT2D eigenvalue weighted by Crippen LogP contribution is -2.09. The van der Waals surface area contributed by atoms with E-state index in [1.165, 1.54) is 74.7 Å². The number of hydrogen-bond donors (Lipinski definition) is 0. The van der Waals surface area contributed by atoms with Crippen LogP contribution < -0.4 is 4.90 Å². The fourth-order valence-electron chi connectivity index (χ4n) is 7.52. The third-order valence-electron chi connectivity index (χ3n) is 9.95. The van der Waals surface area contributed by atoms with Gasteiger partial charge in [-0.1, -0.05) is 121 Å². The van der Waals surface area contributed by atoms with Gasteiger partial charge in [0.05, 0.1) is 0 Å². The first kappa shape index (κ1) is 28.7. The van der Waals surface area contributed by atoms with Crippen molar-refractivity contribution in [2.75, 3.05) is 4.90 Å². The lowest BCUT2D eigenvalue weighted by atomic mass is 9.91. The molecule has 0 aliphatic heterocycles. The summed E-state index contributed by atoms with van der Waals surface area (Å²) in [6.45, 7) is 0. The predicted octanol–water partition coefficient (Wildman–Crippen LogP) is 13.7. The molecule has 2 aromatic heterocycles. The van der Waals surface area contributed by atoms with Crippen LogP contribution in [0.2, 0.25) is 0 Å². The molecule has 3 heteroatoms. The molecular weight excluding hydrogens is 625 g/mol. The average molecular weight is 655 g/mol. The number of fused-ring (bicyclic) bond motifs is 8. The van der Waals surface area contributed by atoms with Gasteiger partial charge >= 0.3 is 0 Å². The van der Waals surface area contributed by atoms with Gasteiger partial charge in [-0.05, 0) is 103 Å². The number of rotatable bonds is 5. The Hall–Kier alpha value is -6.29. The molecule has 0 aliphatic carbocycles. The van der Waals surface area contributed by atoms with Gasteiger partial charge in [0.25, 0.3) is 0 Å². The molecule has 10 aromatic rings. The van der Waals surface area contributed by atoms with Crippen molar-refractivity contribution in [3.8, 4) is 22.3 Å². The Kier molecular flexibility index (Phi) is 6.71. The highest BCUT2D eigenvalue weighted by Gasteiger charge is 2.17. The second-order valence-corrected chi connectivity index (χ2v) is 13.9. The van der Waals surface area contributed by atoms with Crippen LogP contribution >= 0.6 is 11.3 Å². The Labute approximate surface area is 294 Å². The smallest absolute Gasteiger partial charge is 0.0476 e. The van der Waals surface area contributed by atoms with Crippen LogP contribution in [0.4, 0.5) is 17.1 Å². The molecular formula is C47H30N2S. The Morgan fingerprint density at radius 1 is 0.380 bits per heavy atom. The van der Waals surface area contributed by atoms with Crippen molar-refractivity contribution < 1.29 is 0 Å². The van der Waals surface area contributed by atoms with E-state index in [0.29, 0.717) is 0 Å². The first-order valence-electron chi connectivity index (χ1n) is 16.9. The Balaban J connectivity index is 1.12. The minimum atomic E-state index is 1.11. The molecule has 234 valence electrons. The maximum absolute atomic E-state index is 4.40. The Bertz CT molecular complexity index is 2850. The molecule has 0 fully saturated rings. The number of thiophene rings is 1. The molecule has 10 rings (SSSR count). The number of aromatic nitrogens is 1. The monoisotopic (exact) mass is 654 g/mol. The van der Waals surface area contributed by atoms with Crippen molar-refractivity contribution in [1.82, 2.24) is 4.98 Å².